The van der Waals surface area contributed by atoms with Crippen molar-refractivity contribution in [1.29, 1.82) is 0 Å². The molecule has 0 saturated carbocycles. The number of thioether (sulfide) groups is 1. The van der Waals surface area contributed by atoms with Crippen LogP contribution >= 0.6 is 23.4 Å². The van der Waals surface area contributed by atoms with E-state index in [1.807, 2.05) is 6.92 Å². The predicted octanol–water partition coefficient (Wildman–Crippen LogP) is 1.83. The lowest BCUT2D eigenvalue weighted by Gasteiger charge is -2.29. The van der Waals surface area contributed by atoms with Crippen LogP contribution in [-0.4, -0.2) is 59.1 Å². The highest BCUT2D eigenvalue weighted by Crippen LogP contribution is 2.47. The van der Waals surface area contributed by atoms with Gasteiger partial charge in [-0.2, -0.15) is 0 Å². The molecule has 9 heteroatoms. The molecule has 2 aliphatic heterocycles. The Kier molecular flexibility index (Phi) is 6.16. The van der Waals surface area contributed by atoms with E-state index in [-0.39, 0.29) is 30.5 Å². The fraction of sp³-hybridized carbons (Fsp3) is 0.500. The number of carbonyl (C=O) groups is 3. The lowest BCUT2D eigenvalue weighted by Crippen LogP contribution is -2.47. The van der Waals surface area contributed by atoms with Crippen molar-refractivity contribution in [3.05, 3.63) is 29.3 Å². The third-order valence-electron chi connectivity index (χ3n) is 4.57. The molecular weight excluding hydrogens is 392 g/mol. The molecule has 3 rings (SSSR count). The highest BCUT2D eigenvalue weighted by molar-refractivity contribution is 8.01. The summed E-state index contributed by atoms with van der Waals surface area (Å²) in [6, 6.07) is 6.28. The van der Waals surface area contributed by atoms with E-state index in [0.29, 0.717) is 22.9 Å². The van der Waals surface area contributed by atoms with Crippen LogP contribution in [0.3, 0.4) is 0 Å². The van der Waals surface area contributed by atoms with Gasteiger partial charge < -0.3 is 19.7 Å². The Morgan fingerprint density at radius 2 is 2.11 bits per heavy atom. The summed E-state index contributed by atoms with van der Waals surface area (Å²) in [5.41, 5.74) is 0. The highest BCUT2D eigenvalue weighted by atomic mass is 35.5. The molecule has 1 N–H and O–H groups in total. The summed E-state index contributed by atoms with van der Waals surface area (Å²) in [5, 5.41) is 3.24. The fourth-order valence-electron chi connectivity index (χ4n) is 3.17. The molecule has 2 fully saturated rings. The molecule has 0 bridgehead atoms. The summed E-state index contributed by atoms with van der Waals surface area (Å²) in [4.78, 5) is 37.4. The Morgan fingerprint density at radius 1 is 1.37 bits per heavy atom. The monoisotopic (exact) mass is 412 g/mol. The summed E-state index contributed by atoms with van der Waals surface area (Å²) >= 11 is 7.37. The minimum Gasteiger partial charge on any atom is -0.492 e. The molecule has 2 heterocycles. The Hall–Kier alpha value is -1.93. The average molecular weight is 413 g/mol. The van der Waals surface area contributed by atoms with E-state index in [0.717, 1.165) is 6.42 Å². The lowest BCUT2D eigenvalue weighted by atomic mass is 10.2. The minimum absolute atomic E-state index is 0.0340. The predicted molar refractivity (Wildman–Crippen MR) is 102 cm³/mol. The summed E-state index contributed by atoms with van der Waals surface area (Å²) in [5.74, 6) is 0.168. The van der Waals surface area contributed by atoms with Crippen LogP contribution in [0.5, 0.6) is 5.75 Å². The number of esters is 1. The van der Waals surface area contributed by atoms with Gasteiger partial charge in [0.1, 0.15) is 18.4 Å². The number of nitrogens with one attached hydrogen (secondary N) is 1. The highest BCUT2D eigenvalue weighted by Gasteiger charge is 2.53. The molecular formula is C18H21ClN2O5S. The maximum absolute atomic E-state index is 12.3. The van der Waals surface area contributed by atoms with Gasteiger partial charge in [-0.3, -0.25) is 9.59 Å². The van der Waals surface area contributed by atoms with E-state index in [1.54, 1.807) is 40.9 Å². The molecule has 0 spiro atoms. The van der Waals surface area contributed by atoms with Crippen LogP contribution in [0.2, 0.25) is 5.02 Å². The van der Waals surface area contributed by atoms with Crippen LogP contribution in [0.25, 0.3) is 0 Å². The third-order valence-corrected chi connectivity index (χ3v) is 6.33. The van der Waals surface area contributed by atoms with Gasteiger partial charge in [0.05, 0.1) is 11.4 Å². The molecule has 146 valence electrons. The topological polar surface area (TPSA) is 84.9 Å². The Morgan fingerprint density at radius 3 is 2.85 bits per heavy atom. The number of halogens is 1. The molecule has 2 atom stereocenters. The van der Waals surface area contributed by atoms with Crippen LogP contribution < -0.4 is 10.1 Å². The molecule has 0 aromatic heterocycles. The summed E-state index contributed by atoms with van der Waals surface area (Å²) in [7, 11) is 0. The van der Waals surface area contributed by atoms with Gasteiger partial charge in [-0.1, -0.05) is 11.6 Å². The number of amides is 2. The van der Waals surface area contributed by atoms with E-state index in [4.69, 9.17) is 21.1 Å². The van der Waals surface area contributed by atoms with Crippen molar-refractivity contribution in [2.75, 3.05) is 25.5 Å². The molecule has 2 aliphatic rings. The van der Waals surface area contributed by atoms with E-state index >= 15 is 0 Å². The Labute approximate surface area is 166 Å². The normalized spacial score (nSPS) is 23.9. The molecule has 7 nitrogen and oxygen atoms in total. The average Bonchev–Trinajstić information content (AvgIpc) is 3.14. The zero-order valence-corrected chi connectivity index (χ0v) is 16.5. The number of ether oxygens (including phenoxy) is 2. The maximum atomic E-state index is 12.3. The molecule has 0 unspecified atom stereocenters. The van der Waals surface area contributed by atoms with Gasteiger partial charge >= 0.3 is 5.97 Å². The van der Waals surface area contributed by atoms with E-state index < -0.39 is 17.9 Å². The van der Waals surface area contributed by atoms with Crippen molar-refractivity contribution in [3.63, 3.8) is 0 Å². The first-order chi connectivity index (χ1) is 12.9. The van der Waals surface area contributed by atoms with Gasteiger partial charge in [0.15, 0.2) is 6.61 Å². The number of nitrogens with zero attached hydrogens (tertiary/aromatic N) is 1. The zero-order chi connectivity index (χ0) is 19.4. The second kappa shape index (κ2) is 8.39. The van der Waals surface area contributed by atoms with Crippen LogP contribution in [0.1, 0.15) is 19.8 Å². The van der Waals surface area contributed by atoms with Crippen LogP contribution in [0.15, 0.2) is 24.3 Å². The number of benzene rings is 1. The second-order valence-electron chi connectivity index (χ2n) is 6.53. The summed E-state index contributed by atoms with van der Waals surface area (Å²) in [6.45, 7) is 2.14. The van der Waals surface area contributed by atoms with E-state index in [2.05, 4.69) is 5.32 Å². The number of carbonyl (C=O) groups excluding carboxylic acids is 3. The summed E-state index contributed by atoms with van der Waals surface area (Å²) in [6.07, 6.45) is 1.18. The molecule has 1 aromatic carbocycles. The van der Waals surface area contributed by atoms with Crippen molar-refractivity contribution in [3.8, 4) is 5.75 Å². The first kappa shape index (κ1) is 19.8. The van der Waals surface area contributed by atoms with Crippen molar-refractivity contribution in [2.24, 2.45) is 0 Å². The maximum Gasteiger partial charge on any atom is 0.330 e. The lowest BCUT2D eigenvalue weighted by molar-refractivity contribution is -0.156. The second-order valence-corrected chi connectivity index (χ2v) is 8.46. The molecule has 2 saturated heterocycles. The number of hydrogen-bond donors (Lipinski definition) is 1. The molecule has 0 radical (unpaired) electrons. The van der Waals surface area contributed by atoms with Gasteiger partial charge in [0.25, 0.3) is 5.91 Å². The van der Waals surface area contributed by atoms with Crippen molar-refractivity contribution in [2.45, 2.75) is 30.7 Å². The number of rotatable bonds is 7. The van der Waals surface area contributed by atoms with Crippen LogP contribution in [0.4, 0.5) is 0 Å². The third kappa shape index (κ3) is 4.68. The smallest absolute Gasteiger partial charge is 0.330 e. The molecule has 0 aliphatic carbocycles. The standard InChI is InChI=1S/C18H21ClN2O5S/c1-18-7-6-16(23)21(18)14(11-27-18)17(24)26-10-15(22)20-8-9-25-13-4-2-12(19)3-5-13/h2-5,14H,6-11H2,1H3,(H,20,22)/t14-,18-/m1/s1. The SMILES string of the molecule is C[C@@]12CCC(=O)N1[C@@H](C(=O)OCC(=O)NCCOc1ccc(Cl)cc1)CS2. The fourth-order valence-corrected chi connectivity index (χ4v) is 4.71. The minimum atomic E-state index is -0.615. The Bertz CT molecular complexity index is 729. The zero-order valence-electron chi connectivity index (χ0n) is 14.9. The molecule has 1 aromatic rings. The van der Waals surface area contributed by atoms with Gasteiger partial charge in [-0.05, 0) is 37.6 Å². The van der Waals surface area contributed by atoms with Gasteiger partial charge in [-0.25, -0.2) is 4.79 Å². The largest absolute Gasteiger partial charge is 0.492 e. The molecule has 2 amide bonds. The Balaban J connectivity index is 1.36. The van der Waals surface area contributed by atoms with E-state index in [1.165, 1.54) is 0 Å². The van der Waals surface area contributed by atoms with Gasteiger partial charge in [-0.15, -0.1) is 11.8 Å². The van der Waals surface area contributed by atoms with Gasteiger partial charge in [0.2, 0.25) is 5.91 Å². The van der Waals surface area contributed by atoms with Crippen LogP contribution in [-0.2, 0) is 19.1 Å². The summed E-state index contributed by atoms with van der Waals surface area (Å²) < 4.78 is 10.6. The van der Waals surface area contributed by atoms with Crippen molar-refractivity contribution >= 4 is 41.1 Å². The molecule has 27 heavy (non-hydrogen) atoms. The first-order valence-corrected chi connectivity index (χ1v) is 10.0. The number of fused-ring (bicyclic) bond motifs is 1. The van der Waals surface area contributed by atoms with Crippen molar-refractivity contribution in [1.82, 2.24) is 10.2 Å². The first-order valence-electron chi connectivity index (χ1n) is 8.67. The quantitative estimate of drug-likeness (QED) is 0.543. The van der Waals surface area contributed by atoms with E-state index in [9.17, 15) is 14.4 Å². The van der Waals surface area contributed by atoms with Crippen LogP contribution in [0, 0.1) is 0 Å². The van der Waals surface area contributed by atoms with Gasteiger partial charge in [0, 0.05) is 17.2 Å². The van der Waals surface area contributed by atoms with Crippen molar-refractivity contribution < 1.29 is 23.9 Å². The number of hydrogen-bond acceptors (Lipinski definition) is 6.